The van der Waals surface area contributed by atoms with Crippen molar-refractivity contribution in [1.29, 1.82) is 0 Å². The predicted octanol–water partition coefficient (Wildman–Crippen LogP) is 0.776. The zero-order valence-electron chi connectivity index (χ0n) is 7.71. The molecule has 2 unspecified atom stereocenters. The number of fused-ring (bicyclic) bond motifs is 1. The van der Waals surface area contributed by atoms with E-state index in [0.717, 1.165) is 31.5 Å². The molecule has 1 saturated heterocycles. The summed E-state index contributed by atoms with van der Waals surface area (Å²) in [5, 5.41) is 7.75. The molecule has 0 amide bonds. The Kier molecular flexibility index (Phi) is 2.47. The fraction of sp³-hybridized carbons (Fsp3) is 0.800. The van der Waals surface area contributed by atoms with E-state index in [1.807, 2.05) is 7.05 Å². The molecule has 0 aromatic rings. The van der Waals surface area contributed by atoms with Crippen LogP contribution in [0.4, 0.5) is 0 Å². The summed E-state index contributed by atoms with van der Waals surface area (Å²) in [4.78, 5) is 0. The van der Waals surface area contributed by atoms with Gasteiger partial charge in [-0.1, -0.05) is 11.6 Å². The first kappa shape index (κ1) is 8.27. The first-order valence-electron chi connectivity index (χ1n) is 4.88. The monoisotopic (exact) mass is 165 g/mol. The lowest BCUT2D eigenvalue weighted by Gasteiger charge is -2.27. The topological polar surface area (TPSA) is 26.1 Å². The normalized spacial score (nSPS) is 34.6. The van der Waals surface area contributed by atoms with Crippen LogP contribution in [-0.2, 0) is 0 Å². The Morgan fingerprint density at radius 3 is 3.42 bits per heavy atom. The van der Waals surface area contributed by atoms with Crippen molar-refractivity contribution in [3.8, 4) is 0 Å². The minimum atomic E-state index is 0.784. The minimum absolute atomic E-state index is 0.784. The first-order valence-corrected chi connectivity index (χ1v) is 4.88. The van der Waals surface area contributed by atoms with Crippen LogP contribution in [0, 0.1) is 11.8 Å². The molecule has 2 atom stereocenters. The van der Waals surface area contributed by atoms with Gasteiger partial charge in [0.25, 0.3) is 0 Å². The molecule has 1 N–H and O–H groups in total. The van der Waals surface area contributed by atoms with Crippen molar-refractivity contribution in [1.82, 2.24) is 10.6 Å². The zero-order chi connectivity index (χ0) is 8.39. The second kappa shape index (κ2) is 3.58. The molecule has 0 aromatic carbocycles. The van der Waals surface area contributed by atoms with Gasteiger partial charge in [0.05, 0.1) is 0 Å². The summed E-state index contributed by atoms with van der Waals surface area (Å²) in [6, 6.07) is 0. The fourth-order valence-electron chi connectivity index (χ4n) is 2.43. The van der Waals surface area contributed by atoms with Crippen molar-refractivity contribution in [3.05, 3.63) is 11.6 Å². The van der Waals surface area contributed by atoms with E-state index in [2.05, 4.69) is 16.7 Å². The summed E-state index contributed by atoms with van der Waals surface area (Å²) in [6.07, 6.45) is 5.03. The van der Waals surface area contributed by atoms with Crippen LogP contribution >= 0.6 is 0 Å². The molecule has 67 valence electrons. The maximum atomic E-state index is 4.46. The average molecular weight is 165 g/mol. The summed E-state index contributed by atoms with van der Waals surface area (Å²) in [5.74, 6) is 1.63. The molecule has 1 aliphatic heterocycles. The first-order chi connectivity index (χ1) is 5.92. The molecule has 0 bridgehead atoms. The Morgan fingerprint density at radius 1 is 1.67 bits per heavy atom. The van der Waals surface area contributed by atoms with E-state index in [9.17, 15) is 0 Å². The minimum Gasteiger partial charge on any atom is -0.319 e. The van der Waals surface area contributed by atoms with E-state index in [-0.39, 0.29) is 0 Å². The number of hydrogen-bond donors (Lipinski definition) is 1. The van der Waals surface area contributed by atoms with Crippen LogP contribution in [-0.4, -0.2) is 26.7 Å². The SMILES string of the molecule is CNCC1CCC=C2C[N]CC21. The molecular weight excluding hydrogens is 148 g/mol. The van der Waals surface area contributed by atoms with Crippen LogP contribution in [0.2, 0.25) is 0 Å². The van der Waals surface area contributed by atoms with Gasteiger partial charge in [0.1, 0.15) is 0 Å². The summed E-state index contributed by atoms with van der Waals surface area (Å²) in [6.45, 7) is 3.26. The molecule has 1 heterocycles. The van der Waals surface area contributed by atoms with Crippen LogP contribution in [0.5, 0.6) is 0 Å². The van der Waals surface area contributed by atoms with Gasteiger partial charge >= 0.3 is 0 Å². The van der Waals surface area contributed by atoms with E-state index in [0.29, 0.717) is 0 Å². The lowest BCUT2D eigenvalue weighted by molar-refractivity contribution is 0.349. The van der Waals surface area contributed by atoms with Crippen LogP contribution in [0.15, 0.2) is 11.6 Å². The lowest BCUT2D eigenvalue weighted by Crippen LogP contribution is -2.29. The third-order valence-corrected chi connectivity index (χ3v) is 3.08. The highest BCUT2D eigenvalue weighted by molar-refractivity contribution is 5.18. The van der Waals surface area contributed by atoms with Crippen molar-refractivity contribution in [2.75, 3.05) is 26.7 Å². The van der Waals surface area contributed by atoms with Gasteiger partial charge in [-0.3, -0.25) is 0 Å². The maximum absolute atomic E-state index is 4.46. The zero-order valence-corrected chi connectivity index (χ0v) is 7.71. The van der Waals surface area contributed by atoms with Crippen molar-refractivity contribution in [3.63, 3.8) is 0 Å². The van der Waals surface area contributed by atoms with E-state index in [1.54, 1.807) is 5.57 Å². The van der Waals surface area contributed by atoms with Crippen LogP contribution in [0.1, 0.15) is 12.8 Å². The molecule has 0 aromatic heterocycles. The summed E-state index contributed by atoms with van der Waals surface area (Å²) in [5.41, 5.74) is 1.61. The molecule has 12 heavy (non-hydrogen) atoms. The van der Waals surface area contributed by atoms with Crippen molar-refractivity contribution < 1.29 is 0 Å². The summed E-state index contributed by atoms with van der Waals surface area (Å²) >= 11 is 0. The number of allylic oxidation sites excluding steroid dienone is 1. The van der Waals surface area contributed by atoms with Crippen molar-refractivity contribution in [2.45, 2.75) is 12.8 Å². The van der Waals surface area contributed by atoms with Gasteiger partial charge in [-0.15, -0.1) is 0 Å². The molecule has 0 spiro atoms. The number of hydrogen-bond acceptors (Lipinski definition) is 1. The van der Waals surface area contributed by atoms with Gasteiger partial charge in [0.2, 0.25) is 0 Å². The molecule has 2 heteroatoms. The molecule has 1 aliphatic carbocycles. The molecule has 1 radical (unpaired) electrons. The highest BCUT2D eigenvalue weighted by Crippen LogP contribution is 2.32. The maximum Gasteiger partial charge on any atom is 0.0347 e. The standard InChI is InChI=1S/C10H17N2/c1-11-5-8-3-2-4-9-6-12-7-10(8)9/h4,8,10-11H,2-3,5-7H2,1H3. The van der Waals surface area contributed by atoms with Gasteiger partial charge < -0.3 is 5.32 Å². The number of nitrogens with zero attached hydrogens (tertiary/aromatic N) is 1. The highest BCUT2D eigenvalue weighted by Gasteiger charge is 2.30. The highest BCUT2D eigenvalue weighted by atomic mass is 14.9. The molecule has 2 aliphatic rings. The van der Waals surface area contributed by atoms with E-state index in [1.165, 1.54) is 12.8 Å². The number of rotatable bonds is 2. The van der Waals surface area contributed by atoms with Gasteiger partial charge in [-0.05, 0) is 38.3 Å². The van der Waals surface area contributed by atoms with Crippen LogP contribution < -0.4 is 10.6 Å². The lowest BCUT2D eigenvalue weighted by atomic mass is 9.80. The molecule has 1 fully saturated rings. The molecular formula is C10H17N2. The molecule has 0 saturated carbocycles. The Balaban J connectivity index is 2.03. The average Bonchev–Trinajstić information content (AvgIpc) is 2.53. The van der Waals surface area contributed by atoms with Crippen molar-refractivity contribution >= 4 is 0 Å². The van der Waals surface area contributed by atoms with Crippen LogP contribution in [0.25, 0.3) is 0 Å². The second-order valence-electron chi connectivity index (χ2n) is 3.84. The Bertz CT molecular complexity index is 186. The van der Waals surface area contributed by atoms with Gasteiger partial charge in [-0.25, -0.2) is 5.32 Å². The Labute approximate surface area is 74.4 Å². The Morgan fingerprint density at radius 2 is 2.58 bits per heavy atom. The third-order valence-electron chi connectivity index (χ3n) is 3.08. The van der Waals surface area contributed by atoms with Crippen molar-refractivity contribution in [2.24, 2.45) is 11.8 Å². The van der Waals surface area contributed by atoms with E-state index in [4.69, 9.17) is 0 Å². The van der Waals surface area contributed by atoms with Gasteiger partial charge in [-0.2, -0.15) is 0 Å². The quantitative estimate of drug-likeness (QED) is 0.601. The molecule has 2 nitrogen and oxygen atoms in total. The van der Waals surface area contributed by atoms with Crippen LogP contribution in [0.3, 0.4) is 0 Å². The summed E-state index contributed by atoms with van der Waals surface area (Å²) in [7, 11) is 2.05. The van der Waals surface area contributed by atoms with Gasteiger partial charge in [0, 0.05) is 13.1 Å². The van der Waals surface area contributed by atoms with Gasteiger partial charge in [0.15, 0.2) is 0 Å². The second-order valence-corrected chi connectivity index (χ2v) is 3.84. The van der Waals surface area contributed by atoms with E-state index < -0.39 is 0 Å². The Hall–Kier alpha value is -0.340. The fourth-order valence-corrected chi connectivity index (χ4v) is 2.43. The largest absolute Gasteiger partial charge is 0.319 e. The van der Waals surface area contributed by atoms with E-state index >= 15 is 0 Å². The third kappa shape index (κ3) is 1.41. The summed E-state index contributed by atoms with van der Waals surface area (Å²) < 4.78 is 0. The molecule has 2 rings (SSSR count). The number of nitrogens with one attached hydrogen (secondary N) is 1. The smallest absolute Gasteiger partial charge is 0.0347 e. The predicted molar refractivity (Wildman–Crippen MR) is 50.1 cm³/mol.